The lowest BCUT2D eigenvalue weighted by atomic mass is 9.88. The smallest absolute Gasteiger partial charge is 0.264 e. The summed E-state index contributed by atoms with van der Waals surface area (Å²) in [4.78, 5) is 3.69. The van der Waals surface area contributed by atoms with Crippen LogP contribution in [0.1, 0.15) is 12.5 Å². The van der Waals surface area contributed by atoms with Crippen molar-refractivity contribution in [1.29, 1.82) is 0 Å². The van der Waals surface area contributed by atoms with Crippen LogP contribution in [0.3, 0.4) is 0 Å². The van der Waals surface area contributed by atoms with Crippen molar-refractivity contribution in [2.45, 2.75) is 25.2 Å². The molecule has 2 atom stereocenters. The highest BCUT2D eigenvalue weighted by Gasteiger charge is 2.41. The second-order valence-corrected chi connectivity index (χ2v) is 6.68. The first-order chi connectivity index (χ1) is 10.6. The molecule has 10 heteroatoms. The summed E-state index contributed by atoms with van der Waals surface area (Å²) < 4.78 is 56.2. The van der Waals surface area contributed by atoms with Gasteiger partial charge < -0.3 is 5.11 Å². The van der Waals surface area contributed by atoms with Crippen molar-refractivity contribution in [3.05, 3.63) is 48.1 Å². The Morgan fingerprint density at radius 3 is 2.70 bits per heavy atom. The van der Waals surface area contributed by atoms with Crippen LogP contribution in [0.4, 0.5) is 8.78 Å². The van der Waals surface area contributed by atoms with Gasteiger partial charge in [0.15, 0.2) is 0 Å². The molecule has 7 nitrogen and oxygen atoms in total. The summed E-state index contributed by atoms with van der Waals surface area (Å²) in [6, 6.07) is 2.51. The standard InChI is InChI=1S/C13H15F2N3O4S/c1-9(22-23(2,20)21)13(19,6-18-8-16-7-17-18)11-5-10(14)3-4-12(11)15/h3-5,7-9,19H,6H2,1-2H3/t9-,13-/m1/s1. The minimum atomic E-state index is -3.94. The Balaban J connectivity index is 2.51. The van der Waals surface area contributed by atoms with E-state index in [0.29, 0.717) is 0 Å². The van der Waals surface area contributed by atoms with Crippen molar-refractivity contribution in [1.82, 2.24) is 14.8 Å². The van der Waals surface area contributed by atoms with Crippen LogP contribution < -0.4 is 0 Å². The number of aliphatic hydroxyl groups is 1. The molecular formula is C13H15F2N3O4S. The Kier molecular flexibility index (Phi) is 4.78. The summed E-state index contributed by atoms with van der Waals surface area (Å²) in [5, 5.41) is 14.7. The van der Waals surface area contributed by atoms with Crippen LogP contribution in [0.15, 0.2) is 30.9 Å². The summed E-state index contributed by atoms with van der Waals surface area (Å²) in [5.74, 6) is -1.69. The first kappa shape index (κ1) is 17.4. The summed E-state index contributed by atoms with van der Waals surface area (Å²) in [6.45, 7) is 0.854. The maximum atomic E-state index is 14.1. The van der Waals surface area contributed by atoms with Crippen LogP contribution in [-0.4, -0.2) is 40.6 Å². The molecule has 0 bridgehead atoms. The van der Waals surface area contributed by atoms with Crippen LogP contribution in [0, 0.1) is 11.6 Å². The van der Waals surface area contributed by atoms with E-state index in [1.807, 2.05) is 0 Å². The molecule has 0 aliphatic rings. The third-order valence-electron chi connectivity index (χ3n) is 3.26. The van der Waals surface area contributed by atoms with Crippen LogP contribution in [0.2, 0.25) is 0 Å². The zero-order valence-corrected chi connectivity index (χ0v) is 13.2. The number of benzene rings is 1. The summed E-state index contributed by atoms with van der Waals surface area (Å²) in [7, 11) is -3.94. The monoisotopic (exact) mass is 347 g/mol. The van der Waals surface area contributed by atoms with E-state index in [0.717, 1.165) is 29.1 Å². The van der Waals surface area contributed by atoms with Gasteiger partial charge in [-0.1, -0.05) is 0 Å². The third kappa shape index (κ3) is 4.09. The van der Waals surface area contributed by atoms with E-state index in [-0.39, 0.29) is 6.54 Å². The van der Waals surface area contributed by atoms with Crippen LogP contribution >= 0.6 is 0 Å². The minimum absolute atomic E-state index is 0.385. The zero-order valence-electron chi connectivity index (χ0n) is 12.3. The normalized spacial score (nSPS) is 16.0. The predicted octanol–water partition coefficient (Wildman–Crippen LogP) is 0.809. The van der Waals surface area contributed by atoms with Gasteiger partial charge in [-0.15, -0.1) is 0 Å². The van der Waals surface area contributed by atoms with Gasteiger partial charge in [-0.3, -0.25) is 4.18 Å². The molecule has 0 aliphatic heterocycles. The predicted molar refractivity (Wildman–Crippen MR) is 75.7 cm³/mol. The van der Waals surface area contributed by atoms with Crippen molar-refractivity contribution in [2.24, 2.45) is 0 Å². The quantitative estimate of drug-likeness (QED) is 0.777. The number of hydrogen-bond donors (Lipinski definition) is 1. The van der Waals surface area contributed by atoms with E-state index in [1.54, 1.807) is 0 Å². The molecule has 1 N–H and O–H groups in total. The molecule has 0 amide bonds. The van der Waals surface area contributed by atoms with Crippen LogP contribution in [-0.2, 0) is 26.4 Å². The van der Waals surface area contributed by atoms with Gasteiger partial charge in [-0.05, 0) is 25.1 Å². The molecule has 2 rings (SSSR count). The van der Waals surface area contributed by atoms with E-state index in [1.165, 1.54) is 19.6 Å². The Morgan fingerprint density at radius 2 is 2.13 bits per heavy atom. The van der Waals surface area contributed by atoms with Gasteiger partial charge in [0.2, 0.25) is 0 Å². The molecule has 23 heavy (non-hydrogen) atoms. The molecule has 0 spiro atoms. The van der Waals surface area contributed by atoms with Gasteiger partial charge in [0, 0.05) is 5.56 Å². The Bertz CT molecular complexity index is 783. The average molecular weight is 347 g/mol. The number of nitrogens with zero attached hydrogens (tertiary/aromatic N) is 3. The Labute approximate surface area is 131 Å². The Hall–Kier alpha value is -1.91. The average Bonchev–Trinajstić information content (AvgIpc) is 2.92. The maximum absolute atomic E-state index is 14.1. The van der Waals surface area contributed by atoms with E-state index in [4.69, 9.17) is 4.18 Å². The minimum Gasteiger partial charge on any atom is -0.380 e. The van der Waals surface area contributed by atoms with E-state index >= 15 is 0 Å². The van der Waals surface area contributed by atoms with Crippen molar-refractivity contribution >= 4 is 10.1 Å². The van der Waals surface area contributed by atoms with Gasteiger partial charge >= 0.3 is 0 Å². The fourth-order valence-electron chi connectivity index (χ4n) is 2.17. The van der Waals surface area contributed by atoms with Gasteiger partial charge in [0.05, 0.1) is 12.8 Å². The fourth-order valence-corrected chi connectivity index (χ4v) is 2.85. The van der Waals surface area contributed by atoms with E-state index in [2.05, 4.69) is 10.1 Å². The summed E-state index contributed by atoms with van der Waals surface area (Å²) in [6.07, 6.45) is 1.82. The molecule has 126 valence electrons. The van der Waals surface area contributed by atoms with Crippen molar-refractivity contribution < 1.29 is 26.5 Å². The molecule has 1 aromatic heterocycles. The maximum Gasteiger partial charge on any atom is 0.264 e. The van der Waals surface area contributed by atoms with E-state index in [9.17, 15) is 22.3 Å². The number of rotatable bonds is 6. The second-order valence-electron chi connectivity index (χ2n) is 5.08. The topological polar surface area (TPSA) is 94.3 Å². The number of aromatic nitrogens is 3. The second kappa shape index (κ2) is 6.30. The molecule has 2 aromatic rings. The number of hydrogen-bond acceptors (Lipinski definition) is 6. The first-order valence-corrected chi connectivity index (χ1v) is 8.32. The fraction of sp³-hybridized carbons (Fsp3) is 0.385. The largest absolute Gasteiger partial charge is 0.380 e. The molecule has 0 fully saturated rings. The third-order valence-corrected chi connectivity index (χ3v) is 3.89. The SMILES string of the molecule is C[C@@H](OS(C)(=O)=O)[C@](O)(Cn1cncn1)c1cc(F)ccc1F. The highest BCUT2D eigenvalue weighted by atomic mass is 32.2. The van der Waals surface area contributed by atoms with Gasteiger partial charge in [-0.25, -0.2) is 18.4 Å². The lowest BCUT2D eigenvalue weighted by molar-refractivity contribution is -0.0736. The first-order valence-electron chi connectivity index (χ1n) is 6.50. The molecule has 0 unspecified atom stereocenters. The lowest BCUT2D eigenvalue weighted by Crippen LogP contribution is -2.45. The van der Waals surface area contributed by atoms with Gasteiger partial charge in [0.25, 0.3) is 10.1 Å². The highest BCUT2D eigenvalue weighted by molar-refractivity contribution is 7.86. The molecule has 0 saturated carbocycles. The summed E-state index contributed by atoms with van der Waals surface area (Å²) >= 11 is 0. The summed E-state index contributed by atoms with van der Waals surface area (Å²) in [5.41, 5.74) is -2.63. The zero-order chi connectivity index (χ0) is 17.3. The van der Waals surface area contributed by atoms with Gasteiger partial charge in [-0.2, -0.15) is 13.5 Å². The number of halogens is 2. The van der Waals surface area contributed by atoms with Crippen molar-refractivity contribution in [2.75, 3.05) is 6.26 Å². The molecule has 0 aliphatic carbocycles. The van der Waals surface area contributed by atoms with Gasteiger partial charge in [0.1, 0.15) is 36.0 Å². The van der Waals surface area contributed by atoms with E-state index < -0.39 is 39.0 Å². The van der Waals surface area contributed by atoms with Crippen molar-refractivity contribution in [3.8, 4) is 0 Å². The lowest BCUT2D eigenvalue weighted by Gasteiger charge is -2.33. The molecule has 0 saturated heterocycles. The molecular weight excluding hydrogens is 332 g/mol. The molecule has 0 radical (unpaired) electrons. The van der Waals surface area contributed by atoms with Crippen LogP contribution in [0.25, 0.3) is 0 Å². The Morgan fingerprint density at radius 1 is 1.43 bits per heavy atom. The highest BCUT2D eigenvalue weighted by Crippen LogP contribution is 2.32. The van der Waals surface area contributed by atoms with Crippen molar-refractivity contribution in [3.63, 3.8) is 0 Å². The molecule has 1 heterocycles. The molecule has 1 aromatic carbocycles. The van der Waals surface area contributed by atoms with Crippen LogP contribution in [0.5, 0.6) is 0 Å².